The Kier molecular flexibility index (Phi) is 4.34. The van der Waals surface area contributed by atoms with Gasteiger partial charge in [-0.1, -0.05) is 6.07 Å². The number of nitrogens with zero attached hydrogens (tertiary/aromatic N) is 4. The number of pyridine rings is 1. The maximum absolute atomic E-state index is 6.75. The molecule has 0 radical (unpaired) electrons. The van der Waals surface area contributed by atoms with Crippen molar-refractivity contribution in [3.63, 3.8) is 0 Å². The molecule has 2 rings (SSSR count). The lowest BCUT2D eigenvalue weighted by atomic mass is 10.3. The normalized spacial score (nSPS) is 16.8. The molecule has 0 N–H and O–H groups in total. The molecule has 0 bridgehead atoms. The molecule has 1 saturated heterocycles. The number of rotatable bonds is 4. The van der Waals surface area contributed by atoms with Gasteiger partial charge in [-0.25, -0.2) is 11.6 Å². The van der Waals surface area contributed by atoms with Crippen LogP contribution in [-0.2, 0) is 0 Å². The third-order valence-electron chi connectivity index (χ3n) is 3.09. The van der Waals surface area contributed by atoms with Crippen molar-refractivity contribution in [2.45, 2.75) is 6.42 Å². The minimum atomic E-state index is 0.653. The van der Waals surface area contributed by atoms with Gasteiger partial charge in [-0.3, -0.25) is 4.90 Å². The van der Waals surface area contributed by atoms with E-state index >= 15 is 0 Å². The van der Waals surface area contributed by atoms with Gasteiger partial charge in [0, 0.05) is 45.3 Å². The van der Waals surface area contributed by atoms with Crippen LogP contribution in [0.2, 0.25) is 0 Å². The van der Waals surface area contributed by atoms with Gasteiger partial charge in [0.05, 0.1) is 0 Å². The van der Waals surface area contributed by atoms with Gasteiger partial charge >= 0.3 is 0 Å². The highest BCUT2D eigenvalue weighted by Crippen LogP contribution is 2.12. The first-order valence-corrected chi connectivity index (χ1v) is 6.12. The molecule has 0 unspecified atom stereocenters. The standard InChI is InChI=1S/C13H18N4/c1-14-6-4-8-16-9-11-17(12-10-16)13-5-2-3-7-15-13/h2-3,5,7H,4,6,8-12H2. The van der Waals surface area contributed by atoms with Crippen LogP contribution in [0.5, 0.6) is 0 Å². The Morgan fingerprint density at radius 3 is 2.71 bits per heavy atom. The third-order valence-corrected chi connectivity index (χ3v) is 3.09. The fourth-order valence-corrected chi connectivity index (χ4v) is 2.11. The van der Waals surface area contributed by atoms with Gasteiger partial charge < -0.3 is 9.74 Å². The van der Waals surface area contributed by atoms with Crippen LogP contribution in [0.4, 0.5) is 5.82 Å². The second kappa shape index (κ2) is 6.21. The van der Waals surface area contributed by atoms with E-state index in [1.54, 1.807) is 0 Å². The molecule has 1 fully saturated rings. The van der Waals surface area contributed by atoms with Crippen LogP contribution in [0.1, 0.15) is 6.42 Å². The van der Waals surface area contributed by atoms with Gasteiger partial charge in [0.1, 0.15) is 5.82 Å². The predicted molar refractivity (Wildman–Crippen MR) is 69.0 cm³/mol. The van der Waals surface area contributed by atoms with Gasteiger partial charge in [0.2, 0.25) is 6.54 Å². The molecule has 17 heavy (non-hydrogen) atoms. The largest absolute Gasteiger partial charge is 0.354 e. The van der Waals surface area contributed by atoms with E-state index in [9.17, 15) is 0 Å². The highest BCUT2D eigenvalue weighted by molar-refractivity contribution is 5.38. The minimum Gasteiger partial charge on any atom is -0.354 e. The van der Waals surface area contributed by atoms with Crippen molar-refractivity contribution < 1.29 is 0 Å². The van der Waals surface area contributed by atoms with Crippen molar-refractivity contribution >= 4 is 5.82 Å². The van der Waals surface area contributed by atoms with Crippen molar-refractivity contribution in [3.05, 3.63) is 35.8 Å². The second-order valence-electron chi connectivity index (χ2n) is 4.25. The molecular weight excluding hydrogens is 212 g/mol. The lowest BCUT2D eigenvalue weighted by molar-refractivity contribution is 0.257. The van der Waals surface area contributed by atoms with E-state index in [2.05, 4.69) is 25.7 Å². The average molecular weight is 230 g/mol. The highest BCUT2D eigenvalue weighted by atomic mass is 15.3. The zero-order chi connectivity index (χ0) is 11.9. The Morgan fingerprint density at radius 2 is 2.06 bits per heavy atom. The first kappa shape index (κ1) is 11.9. The Labute approximate surface area is 103 Å². The summed E-state index contributed by atoms with van der Waals surface area (Å²) < 4.78 is 0. The number of hydrogen-bond acceptors (Lipinski definition) is 3. The SMILES string of the molecule is [C-]#[N+]CCCN1CCN(c2ccccn2)CC1. The Bertz CT molecular complexity index is 363. The Hall–Kier alpha value is -1.60. The monoisotopic (exact) mass is 230 g/mol. The average Bonchev–Trinajstić information content (AvgIpc) is 2.41. The molecule has 0 amide bonds. The molecule has 0 spiro atoms. The summed E-state index contributed by atoms with van der Waals surface area (Å²) in [5, 5.41) is 0. The maximum Gasteiger partial charge on any atom is 0.215 e. The van der Waals surface area contributed by atoms with Crippen LogP contribution < -0.4 is 4.90 Å². The van der Waals surface area contributed by atoms with Gasteiger partial charge in [0.25, 0.3) is 0 Å². The molecule has 90 valence electrons. The van der Waals surface area contributed by atoms with E-state index in [0.717, 1.165) is 45.0 Å². The van der Waals surface area contributed by atoms with Gasteiger partial charge in [-0.05, 0) is 12.1 Å². The fraction of sp³-hybridized carbons (Fsp3) is 0.538. The van der Waals surface area contributed by atoms with E-state index in [1.807, 2.05) is 18.3 Å². The topological polar surface area (TPSA) is 23.7 Å². The van der Waals surface area contributed by atoms with Crippen LogP contribution >= 0.6 is 0 Å². The predicted octanol–water partition coefficient (Wildman–Crippen LogP) is 1.51. The van der Waals surface area contributed by atoms with Crippen molar-refractivity contribution in [1.29, 1.82) is 0 Å². The zero-order valence-electron chi connectivity index (χ0n) is 10.0. The molecule has 0 saturated carbocycles. The van der Waals surface area contributed by atoms with Crippen molar-refractivity contribution in [2.75, 3.05) is 44.2 Å². The molecule has 4 nitrogen and oxygen atoms in total. The van der Waals surface area contributed by atoms with Crippen LogP contribution in [0.3, 0.4) is 0 Å². The first-order valence-electron chi connectivity index (χ1n) is 6.12. The number of hydrogen-bond donors (Lipinski definition) is 0. The number of piperazine rings is 1. The molecule has 1 aromatic rings. The molecule has 1 aliphatic heterocycles. The summed E-state index contributed by atoms with van der Waals surface area (Å²) in [5.74, 6) is 1.08. The molecule has 0 atom stereocenters. The van der Waals surface area contributed by atoms with Crippen molar-refractivity contribution in [1.82, 2.24) is 9.88 Å². The van der Waals surface area contributed by atoms with Crippen LogP contribution in [-0.4, -0.2) is 49.2 Å². The highest BCUT2D eigenvalue weighted by Gasteiger charge is 2.17. The molecule has 0 aliphatic carbocycles. The van der Waals surface area contributed by atoms with E-state index in [1.165, 1.54) is 0 Å². The Morgan fingerprint density at radius 1 is 1.24 bits per heavy atom. The number of aromatic nitrogens is 1. The Balaban J connectivity index is 1.77. The quantitative estimate of drug-likeness (QED) is 0.579. The summed E-state index contributed by atoms with van der Waals surface area (Å²) in [7, 11) is 0. The smallest absolute Gasteiger partial charge is 0.215 e. The van der Waals surface area contributed by atoms with E-state index in [0.29, 0.717) is 6.54 Å². The lowest BCUT2D eigenvalue weighted by Crippen LogP contribution is -2.47. The van der Waals surface area contributed by atoms with E-state index in [-0.39, 0.29) is 0 Å². The second-order valence-corrected chi connectivity index (χ2v) is 4.25. The lowest BCUT2D eigenvalue weighted by Gasteiger charge is -2.35. The summed E-state index contributed by atoms with van der Waals surface area (Å²) in [5.41, 5.74) is 0. The molecule has 0 aromatic carbocycles. The van der Waals surface area contributed by atoms with Crippen molar-refractivity contribution in [3.8, 4) is 0 Å². The van der Waals surface area contributed by atoms with E-state index < -0.39 is 0 Å². The third kappa shape index (κ3) is 3.43. The molecular formula is C13H18N4. The zero-order valence-corrected chi connectivity index (χ0v) is 10.0. The van der Waals surface area contributed by atoms with Crippen LogP contribution in [0.15, 0.2) is 24.4 Å². The summed E-state index contributed by atoms with van der Waals surface area (Å²) in [6.07, 6.45) is 2.84. The summed E-state index contributed by atoms with van der Waals surface area (Å²) in [4.78, 5) is 12.5. The molecule has 4 heteroatoms. The van der Waals surface area contributed by atoms with Gasteiger partial charge in [-0.2, -0.15) is 0 Å². The van der Waals surface area contributed by atoms with Gasteiger partial charge in [-0.15, -0.1) is 0 Å². The summed E-state index contributed by atoms with van der Waals surface area (Å²) >= 11 is 0. The minimum absolute atomic E-state index is 0.653. The maximum atomic E-state index is 6.75. The number of anilines is 1. The van der Waals surface area contributed by atoms with Crippen LogP contribution in [0, 0.1) is 6.57 Å². The van der Waals surface area contributed by atoms with Gasteiger partial charge in [0.15, 0.2) is 0 Å². The molecule has 1 aromatic heterocycles. The first-order chi connectivity index (χ1) is 8.40. The molecule has 1 aliphatic rings. The summed E-state index contributed by atoms with van der Waals surface area (Å²) in [6.45, 7) is 12.7. The van der Waals surface area contributed by atoms with Crippen LogP contribution in [0.25, 0.3) is 4.85 Å². The molecule has 2 heterocycles. The fourth-order valence-electron chi connectivity index (χ4n) is 2.11. The van der Waals surface area contributed by atoms with E-state index in [4.69, 9.17) is 6.57 Å². The van der Waals surface area contributed by atoms with Crippen molar-refractivity contribution in [2.24, 2.45) is 0 Å². The summed E-state index contributed by atoms with van der Waals surface area (Å²) in [6, 6.07) is 6.04.